The number of nitrogens with zero attached hydrogens (tertiary/aromatic N) is 5. The van der Waals surface area contributed by atoms with Gasteiger partial charge in [0.05, 0.1) is 35.8 Å². The molecule has 4 aromatic heterocycles. The van der Waals surface area contributed by atoms with Gasteiger partial charge in [-0.05, 0) is 38.1 Å². The zero-order valence-electron chi connectivity index (χ0n) is 18.9. The number of hydroxylamine groups is 1. The van der Waals surface area contributed by atoms with Gasteiger partial charge in [0, 0.05) is 25.1 Å². The number of rotatable bonds is 7. The van der Waals surface area contributed by atoms with E-state index in [4.69, 9.17) is 14.3 Å². The molecule has 0 aromatic carbocycles. The van der Waals surface area contributed by atoms with Crippen molar-refractivity contribution in [2.45, 2.75) is 25.9 Å². The van der Waals surface area contributed by atoms with Crippen molar-refractivity contribution in [1.82, 2.24) is 29.6 Å². The predicted octanol–water partition coefficient (Wildman–Crippen LogP) is 2.48. The number of hydrogen-bond acceptors (Lipinski definition) is 8. The molecule has 11 heteroatoms. The zero-order valence-corrected chi connectivity index (χ0v) is 18.9. The second-order valence-electron chi connectivity index (χ2n) is 8.02. The Morgan fingerprint density at radius 3 is 2.91 bits per heavy atom. The number of hydrogen-bond donors (Lipinski definition) is 1. The van der Waals surface area contributed by atoms with Gasteiger partial charge in [-0.25, -0.2) is 4.39 Å². The minimum atomic E-state index is -0.546. The lowest BCUT2D eigenvalue weighted by Crippen LogP contribution is -2.25. The van der Waals surface area contributed by atoms with Crippen LogP contribution in [0.3, 0.4) is 0 Å². The number of aromatic nitrogens is 5. The molecule has 34 heavy (non-hydrogen) atoms. The van der Waals surface area contributed by atoms with Crippen molar-refractivity contribution in [3.05, 3.63) is 70.4 Å². The van der Waals surface area contributed by atoms with Gasteiger partial charge in [0.1, 0.15) is 12.4 Å². The van der Waals surface area contributed by atoms with Crippen LogP contribution in [0.25, 0.3) is 22.3 Å². The van der Waals surface area contributed by atoms with Crippen LogP contribution in [0.1, 0.15) is 31.3 Å². The summed E-state index contributed by atoms with van der Waals surface area (Å²) in [5, 5.41) is 8.58. The van der Waals surface area contributed by atoms with E-state index in [0.29, 0.717) is 47.0 Å². The molecule has 0 fully saturated rings. The molecule has 0 aliphatic carbocycles. The smallest absolute Gasteiger partial charge is 0.260 e. The molecule has 2 atom stereocenters. The standard InChI is InChI=1S/C23H23FN6O4/c1-13-8-20(34-28-13)15-9-18(24)22-27-26-21(30(22)12-15)14(2)29-5-4-19-17(23(29)31)10-16(11-25-19)33-7-6-32-3/h4-5,8-14,28H,6-7H2,1-3H3/t13?,14-/m1/s1. The molecule has 0 saturated carbocycles. The third-order valence-electron chi connectivity index (χ3n) is 5.63. The van der Waals surface area contributed by atoms with E-state index in [0.717, 1.165) is 0 Å². The lowest BCUT2D eigenvalue weighted by molar-refractivity contribution is 0.146. The summed E-state index contributed by atoms with van der Waals surface area (Å²) in [6.07, 6.45) is 6.76. The lowest BCUT2D eigenvalue weighted by Gasteiger charge is -2.15. The van der Waals surface area contributed by atoms with Crippen LogP contribution < -0.4 is 15.8 Å². The quantitative estimate of drug-likeness (QED) is 0.414. The largest absolute Gasteiger partial charge is 0.490 e. The number of nitrogens with one attached hydrogen (secondary N) is 1. The van der Waals surface area contributed by atoms with E-state index in [-0.39, 0.29) is 17.2 Å². The highest BCUT2D eigenvalue weighted by molar-refractivity contribution is 5.78. The van der Waals surface area contributed by atoms with Crippen LogP contribution >= 0.6 is 0 Å². The number of halogens is 1. The van der Waals surface area contributed by atoms with Gasteiger partial charge < -0.3 is 18.9 Å². The van der Waals surface area contributed by atoms with Crippen molar-refractivity contribution in [3.63, 3.8) is 0 Å². The summed E-state index contributed by atoms with van der Waals surface area (Å²) < 4.78 is 28.5. The van der Waals surface area contributed by atoms with Gasteiger partial charge in [-0.1, -0.05) is 0 Å². The highest BCUT2D eigenvalue weighted by Crippen LogP contribution is 2.25. The first-order chi connectivity index (χ1) is 16.5. The molecule has 176 valence electrons. The Balaban J connectivity index is 1.55. The van der Waals surface area contributed by atoms with E-state index < -0.39 is 11.9 Å². The summed E-state index contributed by atoms with van der Waals surface area (Å²) in [6.45, 7) is 4.48. The second-order valence-corrected chi connectivity index (χ2v) is 8.02. The van der Waals surface area contributed by atoms with Gasteiger partial charge in [0.2, 0.25) is 0 Å². The summed E-state index contributed by atoms with van der Waals surface area (Å²) in [4.78, 5) is 23.1. The predicted molar refractivity (Wildman–Crippen MR) is 122 cm³/mol. The molecule has 1 N–H and O–H groups in total. The first kappa shape index (κ1) is 22.0. The van der Waals surface area contributed by atoms with Crippen LogP contribution in [0.4, 0.5) is 4.39 Å². The highest BCUT2D eigenvalue weighted by Gasteiger charge is 2.22. The average Bonchev–Trinajstić information content (AvgIpc) is 3.46. The van der Waals surface area contributed by atoms with Crippen LogP contribution in [0.2, 0.25) is 0 Å². The topological polar surface area (TPSA) is 105 Å². The fourth-order valence-corrected chi connectivity index (χ4v) is 3.87. The maximum absolute atomic E-state index is 14.8. The first-order valence-electron chi connectivity index (χ1n) is 10.8. The summed E-state index contributed by atoms with van der Waals surface area (Å²) in [5.41, 5.74) is 3.67. The monoisotopic (exact) mass is 466 g/mol. The van der Waals surface area contributed by atoms with Crippen molar-refractivity contribution < 1.29 is 18.7 Å². The molecule has 0 saturated heterocycles. The minimum Gasteiger partial charge on any atom is -0.490 e. The Morgan fingerprint density at radius 1 is 1.29 bits per heavy atom. The van der Waals surface area contributed by atoms with Crippen LogP contribution in [0.5, 0.6) is 5.75 Å². The molecule has 5 heterocycles. The Morgan fingerprint density at radius 2 is 2.15 bits per heavy atom. The van der Waals surface area contributed by atoms with Crippen LogP contribution in [0.15, 0.2) is 47.7 Å². The molecule has 1 aliphatic heterocycles. The number of pyridine rings is 3. The van der Waals surface area contributed by atoms with E-state index in [1.807, 2.05) is 13.0 Å². The number of methoxy groups -OCH3 is 1. The van der Waals surface area contributed by atoms with Crippen molar-refractivity contribution >= 4 is 22.3 Å². The maximum Gasteiger partial charge on any atom is 0.260 e. The molecular weight excluding hydrogens is 443 g/mol. The maximum atomic E-state index is 14.8. The molecule has 0 amide bonds. The molecule has 1 unspecified atom stereocenters. The van der Waals surface area contributed by atoms with Gasteiger partial charge in [-0.3, -0.25) is 14.2 Å². The third kappa shape index (κ3) is 3.88. The van der Waals surface area contributed by atoms with Gasteiger partial charge in [0.15, 0.2) is 23.0 Å². The SMILES string of the molecule is COCCOc1cnc2ccn([C@H](C)c3nnc4c(F)cc(C5=CC(C)NO5)cn34)c(=O)c2c1. The van der Waals surface area contributed by atoms with Crippen molar-refractivity contribution in [1.29, 1.82) is 0 Å². The fraction of sp³-hybridized carbons (Fsp3) is 0.304. The molecule has 0 bridgehead atoms. The van der Waals surface area contributed by atoms with E-state index in [1.54, 1.807) is 49.2 Å². The van der Waals surface area contributed by atoms with Crippen LogP contribution in [-0.4, -0.2) is 50.5 Å². The van der Waals surface area contributed by atoms with E-state index in [1.165, 1.54) is 10.6 Å². The normalized spacial score (nSPS) is 16.6. The van der Waals surface area contributed by atoms with Crippen LogP contribution in [0, 0.1) is 5.82 Å². The molecule has 10 nitrogen and oxygen atoms in total. The average molecular weight is 466 g/mol. The van der Waals surface area contributed by atoms with Gasteiger partial charge in [0.25, 0.3) is 5.56 Å². The summed E-state index contributed by atoms with van der Waals surface area (Å²) in [6, 6.07) is 4.20. The van der Waals surface area contributed by atoms with E-state index >= 15 is 0 Å². The Labute approximate surface area is 193 Å². The first-order valence-corrected chi connectivity index (χ1v) is 10.8. The molecule has 4 aromatic rings. The van der Waals surface area contributed by atoms with Crippen molar-refractivity contribution in [2.24, 2.45) is 0 Å². The van der Waals surface area contributed by atoms with Gasteiger partial charge >= 0.3 is 0 Å². The molecule has 0 spiro atoms. The van der Waals surface area contributed by atoms with Crippen molar-refractivity contribution in [3.8, 4) is 5.75 Å². The summed E-state index contributed by atoms with van der Waals surface area (Å²) in [5.74, 6) is 0.840. The summed E-state index contributed by atoms with van der Waals surface area (Å²) in [7, 11) is 1.58. The third-order valence-corrected chi connectivity index (χ3v) is 5.63. The fourth-order valence-electron chi connectivity index (χ4n) is 3.87. The molecular formula is C23H23FN6O4. The van der Waals surface area contributed by atoms with Gasteiger partial charge in [-0.15, -0.1) is 15.7 Å². The van der Waals surface area contributed by atoms with E-state index in [2.05, 4.69) is 20.7 Å². The highest BCUT2D eigenvalue weighted by atomic mass is 19.1. The Kier molecular flexibility index (Phi) is 5.72. The number of ether oxygens (including phenoxy) is 2. The molecule has 1 aliphatic rings. The second kappa shape index (κ2) is 8.84. The van der Waals surface area contributed by atoms with Crippen LogP contribution in [-0.2, 0) is 9.57 Å². The molecule has 5 rings (SSSR count). The van der Waals surface area contributed by atoms with E-state index in [9.17, 15) is 9.18 Å². The minimum absolute atomic E-state index is 0.00113. The zero-order chi connectivity index (χ0) is 23.8. The lowest BCUT2D eigenvalue weighted by atomic mass is 10.2. The van der Waals surface area contributed by atoms with Gasteiger partial charge in [-0.2, -0.15) is 0 Å². The number of fused-ring (bicyclic) bond motifs is 2. The summed E-state index contributed by atoms with van der Waals surface area (Å²) >= 11 is 0. The Hall–Kier alpha value is -3.83. The Bertz CT molecular complexity index is 1460. The molecule has 0 radical (unpaired) electrons. The van der Waals surface area contributed by atoms with Crippen molar-refractivity contribution in [2.75, 3.05) is 20.3 Å².